The van der Waals surface area contributed by atoms with Gasteiger partial charge in [0.2, 0.25) is 0 Å². The lowest BCUT2D eigenvalue weighted by atomic mass is 10.2. The van der Waals surface area contributed by atoms with Crippen molar-refractivity contribution in [2.24, 2.45) is 5.92 Å². The zero-order valence-electron chi connectivity index (χ0n) is 14.6. The van der Waals surface area contributed by atoms with Crippen molar-refractivity contribution >= 4 is 46.3 Å². The highest BCUT2D eigenvalue weighted by molar-refractivity contribution is 8.18. The van der Waals surface area contributed by atoms with Crippen molar-refractivity contribution < 1.29 is 9.59 Å². The molecule has 2 aliphatic rings. The molecule has 3 heterocycles. The van der Waals surface area contributed by atoms with Gasteiger partial charge >= 0.3 is 0 Å². The third-order valence-electron chi connectivity index (χ3n) is 4.05. The lowest BCUT2D eigenvalue weighted by molar-refractivity contribution is -0.115. The maximum absolute atomic E-state index is 11.8. The summed E-state index contributed by atoms with van der Waals surface area (Å²) >= 11 is 0.889. The van der Waals surface area contributed by atoms with E-state index in [1.54, 1.807) is 16.8 Å². The zero-order chi connectivity index (χ0) is 18.3. The first-order valence-corrected chi connectivity index (χ1v) is 9.45. The Hall–Kier alpha value is -2.55. The lowest BCUT2D eigenvalue weighted by Crippen LogP contribution is -2.17. The minimum absolute atomic E-state index is 0.351. The zero-order valence-corrected chi connectivity index (χ0v) is 15.4. The van der Waals surface area contributed by atoms with Gasteiger partial charge in [0.05, 0.1) is 11.1 Å². The summed E-state index contributed by atoms with van der Waals surface area (Å²) in [6.45, 7) is 5.08. The third-order valence-corrected chi connectivity index (χ3v) is 4.86. The summed E-state index contributed by atoms with van der Waals surface area (Å²) < 4.78 is 1.74. The van der Waals surface area contributed by atoms with E-state index in [1.807, 2.05) is 6.07 Å². The Balaban J connectivity index is 1.74. The fourth-order valence-electron chi connectivity index (χ4n) is 2.58. The molecule has 2 fully saturated rings. The molecular formula is C17H20N6O2S. The number of nitrogens with zero attached hydrogens (tertiary/aromatic N) is 3. The topological polar surface area (TPSA) is 100 Å². The molecule has 2 aromatic heterocycles. The van der Waals surface area contributed by atoms with Gasteiger partial charge in [-0.15, -0.1) is 0 Å². The van der Waals surface area contributed by atoms with Crippen LogP contribution >= 0.6 is 11.8 Å². The van der Waals surface area contributed by atoms with Crippen molar-refractivity contribution in [3.63, 3.8) is 0 Å². The third kappa shape index (κ3) is 3.52. The van der Waals surface area contributed by atoms with Gasteiger partial charge in [0.1, 0.15) is 11.6 Å². The average molecular weight is 372 g/mol. The monoisotopic (exact) mass is 372 g/mol. The Morgan fingerprint density at radius 1 is 1.42 bits per heavy atom. The van der Waals surface area contributed by atoms with Crippen molar-refractivity contribution in [3.8, 4) is 0 Å². The number of rotatable bonds is 6. The Kier molecular flexibility index (Phi) is 4.31. The van der Waals surface area contributed by atoms with Gasteiger partial charge in [-0.3, -0.25) is 14.9 Å². The van der Waals surface area contributed by atoms with Crippen LogP contribution in [0, 0.1) is 5.92 Å². The number of imide groups is 1. The van der Waals surface area contributed by atoms with Crippen LogP contribution in [0.15, 0.2) is 17.2 Å². The molecular weight excluding hydrogens is 352 g/mol. The fraction of sp³-hybridized carbons (Fsp3) is 0.412. The molecule has 2 aromatic rings. The first-order valence-electron chi connectivity index (χ1n) is 8.63. The highest BCUT2D eigenvalue weighted by Crippen LogP contribution is 2.29. The maximum atomic E-state index is 11.8. The Morgan fingerprint density at radius 2 is 2.23 bits per heavy atom. The molecule has 0 unspecified atom stereocenters. The molecule has 0 aromatic carbocycles. The Bertz CT molecular complexity index is 915. The summed E-state index contributed by atoms with van der Waals surface area (Å²) in [7, 11) is 0. The van der Waals surface area contributed by atoms with Crippen molar-refractivity contribution in [1.29, 1.82) is 0 Å². The smallest absolute Gasteiger partial charge is 0.290 e. The van der Waals surface area contributed by atoms with E-state index < -0.39 is 0 Å². The molecule has 1 aliphatic carbocycles. The summed E-state index contributed by atoms with van der Waals surface area (Å²) in [5, 5.41) is 13.1. The number of hydrogen-bond donors (Lipinski definition) is 3. The standard InChI is InChI=1S/C17H20N6O2S/c1-9(2)7-18-13-6-14(20-11-3-4-11)23-15(21-13)10(8-19-23)5-12-16(24)22-17(25)26-12/h5-6,8-9,11,20H,3-4,7H2,1-2H3,(H,18,21)(H,22,24,25). The number of aromatic nitrogens is 3. The van der Waals surface area contributed by atoms with Gasteiger partial charge in [-0.05, 0) is 36.6 Å². The lowest BCUT2D eigenvalue weighted by Gasteiger charge is -2.12. The number of hydrogen-bond acceptors (Lipinski definition) is 7. The fourth-order valence-corrected chi connectivity index (χ4v) is 3.26. The van der Waals surface area contributed by atoms with E-state index in [9.17, 15) is 9.59 Å². The number of carbonyl (C=O) groups is 2. The quantitative estimate of drug-likeness (QED) is 0.670. The molecule has 0 spiro atoms. The van der Waals surface area contributed by atoms with Gasteiger partial charge in [0, 0.05) is 24.2 Å². The van der Waals surface area contributed by atoms with Crippen LogP contribution < -0.4 is 16.0 Å². The summed E-state index contributed by atoms with van der Waals surface area (Å²) in [5.41, 5.74) is 1.34. The van der Waals surface area contributed by atoms with Crippen LogP contribution in [-0.2, 0) is 4.79 Å². The van der Waals surface area contributed by atoms with Crippen LogP contribution in [0.25, 0.3) is 11.7 Å². The van der Waals surface area contributed by atoms with Crippen molar-refractivity contribution in [2.45, 2.75) is 32.7 Å². The van der Waals surface area contributed by atoms with E-state index in [2.05, 4.69) is 39.9 Å². The van der Waals surface area contributed by atoms with Crippen molar-refractivity contribution in [1.82, 2.24) is 19.9 Å². The SMILES string of the molecule is CC(C)CNc1cc(NC2CC2)n2ncc(C=C3SC(=O)NC3=O)c2n1. The first kappa shape index (κ1) is 16.9. The molecule has 9 heteroatoms. The summed E-state index contributed by atoms with van der Waals surface area (Å²) in [5.74, 6) is 1.73. The largest absolute Gasteiger partial charge is 0.370 e. The van der Waals surface area contributed by atoms with Gasteiger partial charge in [0.25, 0.3) is 11.1 Å². The minimum atomic E-state index is -0.384. The highest BCUT2D eigenvalue weighted by atomic mass is 32.2. The summed E-state index contributed by atoms with van der Waals surface area (Å²) in [6, 6.07) is 2.43. The van der Waals surface area contributed by atoms with Gasteiger partial charge in [0.15, 0.2) is 5.65 Å². The van der Waals surface area contributed by atoms with E-state index in [0.717, 1.165) is 42.8 Å². The molecule has 2 amide bonds. The van der Waals surface area contributed by atoms with E-state index in [4.69, 9.17) is 0 Å². The molecule has 0 bridgehead atoms. The second kappa shape index (κ2) is 6.64. The molecule has 4 rings (SSSR count). The van der Waals surface area contributed by atoms with Gasteiger partial charge in [-0.25, -0.2) is 4.98 Å². The predicted octanol–water partition coefficient (Wildman–Crippen LogP) is 2.70. The molecule has 1 saturated heterocycles. The Labute approximate surface area is 154 Å². The molecule has 8 nitrogen and oxygen atoms in total. The van der Waals surface area contributed by atoms with E-state index >= 15 is 0 Å². The number of amides is 2. The number of anilines is 2. The second-order valence-corrected chi connectivity index (χ2v) is 7.92. The van der Waals surface area contributed by atoms with Crippen LogP contribution in [0.3, 0.4) is 0 Å². The number of thioether (sulfide) groups is 1. The summed E-state index contributed by atoms with van der Waals surface area (Å²) in [6.07, 6.45) is 5.62. The molecule has 136 valence electrons. The number of carbonyl (C=O) groups excluding carboxylic acids is 2. The maximum Gasteiger partial charge on any atom is 0.290 e. The van der Waals surface area contributed by atoms with E-state index in [0.29, 0.717) is 28.1 Å². The van der Waals surface area contributed by atoms with Gasteiger partial charge < -0.3 is 10.6 Å². The van der Waals surface area contributed by atoms with Crippen LogP contribution in [0.2, 0.25) is 0 Å². The average Bonchev–Trinajstić information content (AvgIpc) is 3.22. The number of nitrogens with one attached hydrogen (secondary N) is 3. The molecule has 26 heavy (non-hydrogen) atoms. The Morgan fingerprint density at radius 3 is 2.88 bits per heavy atom. The van der Waals surface area contributed by atoms with Gasteiger partial charge in [-0.1, -0.05) is 13.8 Å². The first-order chi connectivity index (χ1) is 12.5. The van der Waals surface area contributed by atoms with Crippen molar-refractivity contribution in [2.75, 3.05) is 17.2 Å². The molecule has 3 N–H and O–H groups in total. The van der Waals surface area contributed by atoms with Crippen molar-refractivity contribution in [3.05, 3.63) is 22.7 Å². The van der Waals surface area contributed by atoms with Crippen LogP contribution in [-0.4, -0.2) is 38.3 Å². The normalized spacial score (nSPS) is 18.8. The molecule has 0 atom stereocenters. The highest BCUT2D eigenvalue weighted by Gasteiger charge is 2.26. The predicted molar refractivity (Wildman–Crippen MR) is 102 cm³/mol. The molecule has 1 saturated carbocycles. The second-order valence-electron chi connectivity index (χ2n) is 6.91. The summed E-state index contributed by atoms with van der Waals surface area (Å²) in [4.78, 5) is 28.2. The van der Waals surface area contributed by atoms with E-state index in [1.165, 1.54) is 0 Å². The molecule has 1 aliphatic heterocycles. The van der Waals surface area contributed by atoms with Crippen LogP contribution in [0.1, 0.15) is 32.3 Å². The van der Waals surface area contributed by atoms with Crippen LogP contribution in [0.4, 0.5) is 16.4 Å². The minimum Gasteiger partial charge on any atom is -0.370 e. The molecule has 0 radical (unpaired) electrons. The van der Waals surface area contributed by atoms with Gasteiger partial charge in [-0.2, -0.15) is 9.61 Å². The number of fused-ring (bicyclic) bond motifs is 1. The van der Waals surface area contributed by atoms with Crippen LogP contribution in [0.5, 0.6) is 0 Å². The van der Waals surface area contributed by atoms with E-state index in [-0.39, 0.29) is 11.1 Å².